The predicted molar refractivity (Wildman–Crippen MR) is 101 cm³/mol. The van der Waals surface area contributed by atoms with Gasteiger partial charge in [-0.05, 0) is 23.3 Å². The largest absolute Gasteiger partial charge is 0.340 e. The molecule has 120 valence electrons. The fraction of sp³-hybridized carbons (Fsp3) is 0.222. The molecule has 2 aromatic rings. The van der Waals surface area contributed by atoms with Crippen LogP contribution < -0.4 is 4.90 Å². The highest BCUT2D eigenvalue weighted by atomic mass is 35.5. The monoisotopic (exact) mass is 384 g/mol. The van der Waals surface area contributed by atoms with Crippen LogP contribution in [0, 0.1) is 0 Å². The first-order valence-electron chi connectivity index (χ1n) is 7.43. The van der Waals surface area contributed by atoms with Gasteiger partial charge in [0, 0.05) is 21.8 Å². The van der Waals surface area contributed by atoms with Crippen molar-refractivity contribution in [2.45, 2.75) is 16.2 Å². The minimum absolute atomic E-state index is 0.500. The molecule has 1 heterocycles. The summed E-state index contributed by atoms with van der Waals surface area (Å²) in [7, 11) is 4.30. The van der Waals surface area contributed by atoms with Crippen LogP contribution in [0.5, 0.6) is 0 Å². The lowest BCUT2D eigenvalue weighted by atomic mass is 9.96. The summed E-state index contributed by atoms with van der Waals surface area (Å²) in [6.45, 7) is 1.06. The molecule has 2 aromatic carbocycles. The lowest BCUT2D eigenvalue weighted by Gasteiger charge is -2.24. The normalized spacial score (nSPS) is 15.0. The maximum absolute atomic E-state index is 6.54. The summed E-state index contributed by atoms with van der Waals surface area (Å²) < 4.78 is 0. The van der Waals surface area contributed by atoms with Gasteiger partial charge in [-0.3, -0.25) is 0 Å². The van der Waals surface area contributed by atoms with Gasteiger partial charge in [-0.1, -0.05) is 70.8 Å². The lowest BCUT2D eigenvalue weighted by molar-refractivity contribution is -0.857. The molecule has 5 heteroatoms. The van der Waals surface area contributed by atoms with E-state index in [4.69, 9.17) is 34.8 Å². The van der Waals surface area contributed by atoms with Gasteiger partial charge in [-0.15, -0.1) is 0 Å². The van der Waals surface area contributed by atoms with E-state index in [-0.39, 0.29) is 0 Å². The van der Waals surface area contributed by atoms with Crippen molar-refractivity contribution in [3.05, 3.63) is 62.6 Å². The molecular weight excluding hydrogens is 369 g/mol. The first-order valence-corrected chi connectivity index (χ1v) is 9.38. The van der Waals surface area contributed by atoms with Gasteiger partial charge in [0.25, 0.3) is 0 Å². The highest BCUT2D eigenvalue weighted by molar-refractivity contribution is 7.99. The van der Waals surface area contributed by atoms with Crippen molar-refractivity contribution in [3.8, 4) is 0 Å². The summed E-state index contributed by atoms with van der Waals surface area (Å²) >= 11 is 20.9. The molecule has 1 aliphatic rings. The Morgan fingerprint density at radius 3 is 2.57 bits per heavy atom. The average Bonchev–Trinajstić information content (AvgIpc) is 2.52. The Kier molecular flexibility index (Phi) is 5.29. The minimum Gasteiger partial charge on any atom is -0.340 e. The third-order valence-electron chi connectivity index (χ3n) is 3.78. The van der Waals surface area contributed by atoms with Crippen LogP contribution in [0.1, 0.15) is 17.5 Å². The van der Waals surface area contributed by atoms with Crippen molar-refractivity contribution in [2.24, 2.45) is 0 Å². The second-order valence-electron chi connectivity index (χ2n) is 5.82. The quantitative estimate of drug-likeness (QED) is 0.616. The Morgan fingerprint density at radius 2 is 1.83 bits per heavy atom. The Balaban J connectivity index is 2.18. The van der Waals surface area contributed by atoms with Gasteiger partial charge in [0.05, 0.1) is 35.7 Å². The average molecular weight is 386 g/mol. The number of benzene rings is 2. The van der Waals surface area contributed by atoms with E-state index in [9.17, 15) is 0 Å². The summed E-state index contributed by atoms with van der Waals surface area (Å²) in [6.07, 6.45) is 3.22. The standard InChI is InChI=1S/C18H16Cl3NS/c1-22(2)9-5-7-12-11-6-3-4-8-15(11)23-18-14(20)10-13(19)17(21)16(12)18/h3-4,6-8,10H,5,9H2,1-2H3/p+1/b12-7+. The summed E-state index contributed by atoms with van der Waals surface area (Å²) in [5, 5.41) is 1.73. The molecule has 0 radical (unpaired) electrons. The number of hydrogen-bond donors (Lipinski definition) is 1. The molecule has 0 amide bonds. The van der Waals surface area contributed by atoms with E-state index in [0.717, 1.165) is 29.0 Å². The molecule has 0 bridgehead atoms. The van der Waals surface area contributed by atoms with Gasteiger partial charge >= 0.3 is 0 Å². The van der Waals surface area contributed by atoms with Crippen LogP contribution in [0.25, 0.3) is 5.57 Å². The second kappa shape index (κ2) is 7.08. The van der Waals surface area contributed by atoms with Gasteiger partial charge < -0.3 is 4.90 Å². The van der Waals surface area contributed by atoms with Gasteiger partial charge in [0.1, 0.15) is 0 Å². The highest BCUT2D eigenvalue weighted by Gasteiger charge is 2.26. The second-order valence-corrected chi connectivity index (χ2v) is 8.06. The Labute approximate surface area is 156 Å². The van der Waals surface area contributed by atoms with E-state index in [1.165, 1.54) is 15.4 Å². The molecule has 0 unspecified atom stereocenters. The third-order valence-corrected chi connectivity index (χ3v) is 6.18. The highest BCUT2D eigenvalue weighted by Crippen LogP contribution is 2.52. The maximum atomic E-state index is 6.54. The smallest absolute Gasteiger partial charge is 0.0802 e. The molecular formula is C18H17Cl3NS+. The van der Waals surface area contributed by atoms with E-state index in [2.05, 4.69) is 38.4 Å². The van der Waals surface area contributed by atoms with Gasteiger partial charge in [-0.2, -0.15) is 0 Å². The van der Waals surface area contributed by atoms with Crippen molar-refractivity contribution >= 4 is 52.1 Å². The molecule has 0 fully saturated rings. The van der Waals surface area contributed by atoms with Crippen LogP contribution in [0.2, 0.25) is 15.1 Å². The Hall–Kier alpha value is -0.640. The number of fused-ring (bicyclic) bond motifs is 2. The van der Waals surface area contributed by atoms with Crippen LogP contribution in [-0.4, -0.2) is 20.6 Å². The van der Waals surface area contributed by atoms with Crippen LogP contribution in [-0.2, 0) is 0 Å². The molecule has 0 aliphatic carbocycles. The summed E-state index contributed by atoms with van der Waals surface area (Å²) in [5.74, 6) is 0. The molecule has 1 nitrogen and oxygen atoms in total. The first kappa shape index (κ1) is 17.2. The minimum atomic E-state index is 0.500. The molecule has 0 atom stereocenters. The summed E-state index contributed by atoms with van der Waals surface area (Å²) in [6, 6.07) is 10.1. The summed E-state index contributed by atoms with van der Waals surface area (Å²) in [5.41, 5.74) is 3.28. The van der Waals surface area contributed by atoms with Crippen LogP contribution in [0.3, 0.4) is 0 Å². The number of hydrogen-bond acceptors (Lipinski definition) is 1. The molecule has 3 rings (SSSR count). The van der Waals surface area contributed by atoms with E-state index in [1.54, 1.807) is 17.8 Å². The zero-order valence-corrected chi connectivity index (χ0v) is 16.0. The van der Waals surface area contributed by atoms with E-state index in [0.29, 0.717) is 15.1 Å². The maximum Gasteiger partial charge on any atom is 0.0802 e. The van der Waals surface area contributed by atoms with Gasteiger partial charge in [0.15, 0.2) is 0 Å². The molecule has 0 spiro atoms. The zero-order valence-electron chi connectivity index (χ0n) is 12.9. The fourth-order valence-corrected chi connectivity index (χ4v) is 4.67. The molecule has 1 N–H and O–H groups in total. The van der Waals surface area contributed by atoms with Gasteiger partial charge in [0.2, 0.25) is 0 Å². The molecule has 23 heavy (non-hydrogen) atoms. The predicted octanol–water partition coefficient (Wildman–Crippen LogP) is 5.08. The molecule has 0 saturated carbocycles. The van der Waals surface area contributed by atoms with Crippen molar-refractivity contribution < 1.29 is 4.90 Å². The van der Waals surface area contributed by atoms with E-state index in [1.807, 2.05) is 6.07 Å². The lowest BCUT2D eigenvalue weighted by Crippen LogP contribution is -3.05. The number of halogens is 3. The van der Waals surface area contributed by atoms with Crippen molar-refractivity contribution in [3.63, 3.8) is 0 Å². The molecule has 0 saturated heterocycles. The molecule has 0 aromatic heterocycles. The molecule has 1 aliphatic heterocycles. The number of rotatable bonds is 3. The topological polar surface area (TPSA) is 4.44 Å². The first-order chi connectivity index (χ1) is 11.0. The van der Waals surface area contributed by atoms with E-state index >= 15 is 0 Å². The number of quaternary nitrogens is 1. The zero-order chi connectivity index (χ0) is 16.6. The fourth-order valence-electron chi connectivity index (χ4n) is 2.66. The van der Waals surface area contributed by atoms with Crippen molar-refractivity contribution in [2.75, 3.05) is 20.6 Å². The van der Waals surface area contributed by atoms with Crippen LogP contribution in [0.15, 0.2) is 46.2 Å². The summed E-state index contributed by atoms with van der Waals surface area (Å²) in [4.78, 5) is 3.60. The SMILES string of the molecule is C[NH+](C)CC/C=C1\c2ccccc2Sc2c(Cl)cc(Cl)c(Cl)c21. The Morgan fingerprint density at radius 1 is 1.09 bits per heavy atom. The van der Waals surface area contributed by atoms with Crippen molar-refractivity contribution in [1.29, 1.82) is 0 Å². The van der Waals surface area contributed by atoms with Crippen LogP contribution >= 0.6 is 46.6 Å². The van der Waals surface area contributed by atoms with Crippen LogP contribution in [0.4, 0.5) is 0 Å². The Bertz CT molecular complexity index is 784. The van der Waals surface area contributed by atoms with E-state index < -0.39 is 0 Å². The number of nitrogens with one attached hydrogen (secondary N) is 1. The van der Waals surface area contributed by atoms with Crippen molar-refractivity contribution in [1.82, 2.24) is 0 Å². The van der Waals surface area contributed by atoms with Gasteiger partial charge in [-0.25, -0.2) is 0 Å². The third kappa shape index (κ3) is 3.42.